The SMILES string of the molecule is O=C(O)CC1CC(=O)c2c(F)cc(F)cc21. The number of carbonyl (C=O) groups excluding carboxylic acids is 1. The highest BCUT2D eigenvalue weighted by Crippen LogP contribution is 2.37. The second-order valence-corrected chi connectivity index (χ2v) is 3.77. The third-order valence-corrected chi connectivity index (χ3v) is 2.66. The summed E-state index contributed by atoms with van der Waals surface area (Å²) in [5, 5.41) is 8.63. The fraction of sp³-hybridized carbons (Fsp3) is 0.273. The largest absolute Gasteiger partial charge is 0.481 e. The van der Waals surface area contributed by atoms with Gasteiger partial charge in [-0.05, 0) is 11.6 Å². The minimum atomic E-state index is -1.09. The number of aliphatic carboxylic acids is 1. The number of ketones is 1. The van der Waals surface area contributed by atoms with Crippen LogP contribution in [0.3, 0.4) is 0 Å². The van der Waals surface area contributed by atoms with Crippen molar-refractivity contribution < 1.29 is 23.5 Å². The maximum atomic E-state index is 13.3. The third kappa shape index (κ3) is 1.68. The molecule has 0 bridgehead atoms. The minimum Gasteiger partial charge on any atom is -0.481 e. The molecule has 0 fully saturated rings. The molecule has 2 rings (SSSR count). The van der Waals surface area contributed by atoms with E-state index in [1.165, 1.54) is 0 Å². The molecule has 0 saturated heterocycles. The van der Waals surface area contributed by atoms with Gasteiger partial charge in [-0.2, -0.15) is 0 Å². The van der Waals surface area contributed by atoms with Crippen LogP contribution in [-0.2, 0) is 4.79 Å². The monoisotopic (exact) mass is 226 g/mol. The van der Waals surface area contributed by atoms with E-state index in [1.807, 2.05) is 0 Å². The minimum absolute atomic E-state index is 0.0675. The highest BCUT2D eigenvalue weighted by molar-refractivity contribution is 6.02. The van der Waals surface area contributed by atoms with Crippen LogP contribution in [0.5, 0.6) is 0 Å². The molecule has 1 aliphatic carbocycles. The van der Waals surface area contributed by atoms with Gasteiger partial charge in [-0.15, -0.1) is 0 Å². The van der Waals surface area contributed by atoms with Crippen LogP contribution < -0.4 is 0 Å². The number of fused-ring (bicyclic) bond motifs is 1. The van der Waals surface area contributed by atoms with Crippen LogP contribution in [0.4, 0.5) is 8.78 Å². The van der Waals surface area contributed by atoms with Gasteiger partial charge in [0, 0.05) is 18.4 Å². The average molecular weight is 226 g/mol. The van der Waals surface area contributed by atoms with Crippen molar-refractivity contribution >= 4 is 11.8 Å². The summed E-state index contributed by atoms with van der Waals surface area (Å²) >= 11 is 0. The topological polar surface area (TPSA) is 54.4 Å². The maximum Gasteiger partial charge on any atom is 0.303 e. The molecule has 84 valence electrons. The predicted octanol–water partition coefficient (Wildman–Crippen LogP) is 2.11. The third-order valence-electron chi connectivity index (χ3n) is 2.66. The number of hydrogen-bond acceptors (Lipinski definition) is 2. The molecular formula is C11H8F2O3. The number of halogens is 2. The van der Waals surface area contributed by atoms with Crippen LogP contribution in [0.2, 0.25) is 0 Å². The molecule has 1 aliphatic rings. The Bertz CT molecular complexity index is 482. The van der Waals surface area contributed by atoms with E-state index < -0.39 is 29.3 Å². The number of carboxylic acid groups (broad SMARTS) is 1. The van der Waals surface area contributed by atoms with Crippen molar-refractivity contribution in [2.45, 2.75) is 18.8 Å². The zero-order valence-electron chi connectivity index (χ0n) is 8.17. The molecule has 0 aliphatic heterocycles. The molecule has 1 aromatic carbocycles. The van der Waals surface area contributed by atoms with Crippen molar-refractivity contribution in [2.24, 2.45) is 0 Å². The maximum absolute atomic E-state index is 13.3. The normalized spacial score (nSPS) is 18.6. The molecule has 16 heavy (non-hydrogen) atoms. The van der Waals surface area contributed by atoms with Gasteiger partial charge < -0.3 is 5.11 Å². The van der Waals surface area contributed by atoms with E-state index in [9.17, 15) is 18.4 Å². The number of rotatable bonds is 2. The lowest BCUT2D eigenvalue weighted by molar-refractivity contribution is -0.137. The Morgan fingerprint density at radius 3 is 2.75 bits per heavy atom. The Balaban J connectivity index is 2.48. The molecule has 5 heteroatoms. The molecule has 3 nitrogen and oxygen atoms in total. The van der Waals surface area contributed by atoms with Crippen LogP contribution in [0.15, 0.2) is 12.1 Å². The Morgan fingerprint density at radius 1 is 1.44 bits per heavy atom. The van der Waals surface area contributed by atoms with E-state index in [0.29, 0.717) is 6.07 Å². The van der Waals surface area contributed by atoms with Gasteiger partial charge in [-0.1, -0.05) is 0 Å². The summed E-state index contributed by atoms with van der Waals surface area (Å²) in [7, 11) is 0. The fourth-order valence-electron chi connectivity index (χ4n) is 2.04. The molecular weight excluding hydrogens is 218 g/mol. The van der Waals surface area contributed by atoms with Gasteiger partial charge in [-0.25, -0.2) is 8.78 Å². The summed E-state index contributed by atoms with van der Waals surface area (Å²) in [4.78, 5) is 22.0. The number of carbonyl (C=O) groups is 2. The van der Waals surface area contributed by atoms with Crippen LogP contribution in [-0.4, -0.2) is 16.9 Å². The Morgan fingerprint density at radius 2 is 2.12 bits per heavy atom. The molecule has 0 radical (unpaired) electrons. The zero-order valence-corrected chi connectivity index (χ0v) is 8.17. The fourth-order valence-corrected chi connectivity index (χ4v) is 2.04. The van der Waals surface area contributed by atoms with Gasteiger partial charge in [0.05, 0.1) is 12.0 Å². The van der Waals surface area contributed by atoms with E-state index in [0.717, 1.165) is 6.07 Å². The van der Waals surface area contributed by atoms with Crippen molar-refractivity contribution in [2.75, 3.05) is 0 Å². The lowest BCUT2D eigenvalue weighted by Crippen LogP contribution is -2.03. The summed E-state index contributed by atoms with van der Waals surface area (Å²) in [6.45, 7) is 0. The van der Waals surface area contributed by atoms with Crippen LogP contribution >= 0.6 is 0 Å². The lowest BCUT2D eigenvalue weighted by Gasteiger charge is -2.07. The first kappa shape index (κ1) is 10.7. The highest BCUT2D eigenvalue weighted by Gasteiger charge is 2.33. The van der Waals surface area contributed by atoms with Crippen LogP contribution in [0, 0.1) is 11.6 Å². The Kier molecular flexibility index (Phi) is 2.46. The van der Waals surface area contributed by atoms with Gasteiger partial charge in [0.2, 0.25) is 0 Å². The summed E-state index contributed by atoms with van der Waals surface area (Å²) < 4.78 is 26.3. The highest BCUT2D eigenvalue weighted by atomic mass is 19.1. The molecule has 1 N–H and O–H groups in total. The summed E-state index contributed by atoms with van der Waals surface area (Å²) in [6.07, 6.45) is -0.358. The molecule has 0 saturated carbocycles. The van der Waals surface area contributed by atoms with E-state index in [4.69, 9.17) is 5.11 Å². The van der Waals surface area contributed by atoms with Crippen molar-refractivity contribution in [3.8, 4) is 0 Å². The number of benzene rings is 1. The summed E-state index contributed by atoms with van der Waals surface area (Å²) in [5.74, 6) is -3.87. The lowest BCUT2D eigenvalue weighted by atomic mass is 9.98. The average Bonchev–Trinajstić information content (AvgIpc) is 2.41. The Hall–Kier alpha value is -1.78. The Labute approximate surface area is 89.7 Å². The van der Waals surface area contributed by atoms with Gasteiger partial charge in [0.15, 0.2) is 5.78 Å². The molecule has 0 heterocycles. The smallest absolute Gasteiger partial charge is 0.303 e. The first-order valence-corrected chi connectivity index (χ1v) is 4.73. The van der Waals surface area contributed by atoms with Gasteiger partial charge in [0.1, 0.15) is 11.6 Å². The summed E-state index contributed by atoms with van der Waals surface area (Å²) in [6, 6.07) is 1.68. The predicted molar refractivity (Wildman–Crippen MR) is 50.3 cm³/mol. The van der Waals surface area contributed by atoms with Crippen molar-refractivity contribution in [1.29, 1.82) is 0 Å². The van der Waals surface area contributed by atoms with Gasteiger partial charge in [-0.3, -0.25) is 9.59 Å². The molecule has 0 spiro atoms. The number of hydrogen-bond donors (Lipinski definition) is 1. The van der Waals surface area contributed by atoms with E-state index in [-0.39, 0.29) is 24.0 Å². The number of carboxylic acids is 1. The van der Waals surface area contributed by atoms with Crippen molar-refractivity contribution in [1.82, 2.24) is 0 Å². The molecule has 1 unspecified atom stereocenters. The first-order valence-electron chi connectivity index (χ1n) is 4.73. The molecule has 0 aromatic heterocycles. The second-order valence-electron chi connectivity index (χ2n) is 3.77. The first-order chi connectivity index (χ1) is 7.49. The van der Waals surface area contributed by atoms with E-state index in [1.54, 1.807) is 0 Å². The van der Waals surface area contributed by atoms with Gasteiger partial charge in [0.25, 0.3) is 0 Å². The molecule has 1 atom stereocenters. The zero-order chi connectivity index (χ0) is 11.9. The molecule has 1 aromatic rings. The second kappa shape index (κ2) is 3.66. The molecule has 0 amide bonds. The van der Waals surface area contributed by atoms with Gasteiger partial charge >= 0.3 is 5.97 Å². The quantitative estimate of drug-likeness (QED) is 0.840. The standard InChI is InChI=1S/C11H8F2O3/c12-6-3-7-5(2-10(15)16)1-9(14)11(7)8(13)4-6/h3-5H,1-2H2,(H,15,16). The van der Waals surface area contributed by atoms with Crippen molar-refractivity contribution in [3.63, 3.8) is 0 Å². The van der Waals surface area contributed by atoms with E-state index in [2.05, 4.69) is 0 Å². The van der Waals surface area contributed by atoms with Crippen molar-refractivity contribution in [3.05, 3.63) is 34.9 Å². The number of Topliss-reactive ketones (excluding diaryl/α,β-unsaturated/α-hetero) is 1. The van der Waals surface area contributed by atoms with Crippen LogP contribution in [0.1, 0.15) is 34.7 Å². The van der Waals surface area contributed by atoms with Crippen LogP contribution in [0.25, 0.3) is 0 Å². The summed E-state index contributed by atoms with van der Waals surface area (Å²) in [5.41, 5.74) is 0.0116. The van der Waals surface area contributed by atoms with E-state index >= 15 is 0 Å².